The number of carbonyl (C=O) groups excluding carboxylic acids is 1. The molecule has 5 heteroatoms. The lowest BCUT2D eigenvalue weighted by Crippen LogP contribution is -2.42. The second-order valence-electron chi connectivity index (χ2n) is 4.17. The molecule has 0 radical (unpaired) electrons. The van der Waals surface area contributed by atoms with Crippen molar-refractivity contribution >= 4 is 17.5 Å². The number of halogens is 1. The summed E-state index contributed by atoms with van der Waals surface area (Å²) in [6.07, 6.45) is 0.510. The number of methoxy groups -OCH3 is 1. The Hall–Kier alpha value is -1.10. The molecule has 0 heterocycles. The summed E-state index contributed by atoms with van der Waals surface area (Å²) in [5.74, 6) is -0.172. The van der Waals surface area contributed by atoms with E-state index in [4.69, 9.17) is 22.1 Å². The van der Waals surface area contributed by atoms with Crippen molar-refractivity contribution < 1.29 is 9.53 Å². The van der Waals surface area contributed by atoms with Gasteiger partial charge in [-0.1, -0.05) is 23.7 Å². The van der Waals surface area contributed by atoms with E-state index >= 15 is 0 Å². The molecule has 0 spiro atoms. The Morgan fingerprint density at radius 2 is 2.06 bits per heavy atom. The highest BCUT2D eigenvalue weighted by atomic mass is 35.5. The zero-order valence-electron chi connectivity index (χ0n) is 10.7. The van der Waals surface area contributed by atoms with Crippen LogP contribution in [-0.4, -0.2) is 25.7 Å². The molecule has 100 valence electrons. The van der Waals surface area contributed by atoms with Gasteiger partial charge in [-0.05, 0) is 31.0 Å². The van der Waals surface area contributed by atoms with E-state index in [-0.39, 0.29) is 11.9 Å². The van der Waals surface area contributed by atoms with Gasteiger partial charge in [0.05, 0.1) is 12.1 Å². The van der Waals surface area contributed by atoms with Crippen LogP contribution >= 0.6 is 11.6 Å². The van der Waals surface area contributed by atoms with Crippen molar-refractivity contribution in [2.24, 2.45) is 5.73 Å². The van der Waals surface area contributed by atoms with Crippen LogP contribution in [0.15, 0.2) is 24.3 Å². The number of ether oxygens (including phenoxy) is 1. The largest absolute Gasteiger partial charge is 0.385 e. The van der Waals surface area contributed by atoms with Crippen LogP contribution in [0.5, 0.6) is 0 Å². The molecule has 3 N–H and O–H groups in total. The van der Waals surface area contributed by atoms with Gasteiger partial charge in [0.2, 0.25) is 5.91 Å². The third kappa shape index (κ3) is 4.64. The Kier molecular flexibility index (Phi) is 6.12. The van der Waals surface area contributed by atoms with E-state index in [1.807, 2.05) is 19.1 Å². The van der Waals surface area contributed by atoms with Gasteiger partial charge in [0.1, 0.15) is 0 Å². The van der Waals surface area contributed by atoms with Crippen molar-refractivity contribution in [2.45, 2.75) is 25.4 Å². The molecule has 0 fully saturated rings. The predicted molar refractivity (Wildman–Crippen MR) is 72.5 cm³/mol. The fourth-order valence-corrected chi connectivity index (χ4v) is 1.66. The van der Waals surface area contributed by atoms with E-state index in [0.717, 1.165) is 5.56 Å². The number of carbonyl (C=O) groups is 1. The van der Waals surface area contributed by atoms with Crippen molar-refractivity contribution in [1.82, 2.24) is 5.32 Å². The summed E-state index contributed by atoms with van der Waals surface area (Å²) in [6.45, 7) is 2.38. The minimum Gasteiger partial charge on any atom is -0.385 e. The molecule has 18 heavy (non-hydrogen) atoms. The molecule has 1 amide bonds. The molecule has 0 aliphatic heterocycles. The van der Waals surface area contributed by atoms with Gasteiger partial charge in [0.15, 0.2) is 0 Å². The Bertz CT molecular complexity index is 381. The molecular weight excluding hydrogens is 252 g/mol. The maximum absolute atomic E-state index is 11.8. The molecule has 1 aromatic carbocycles. The van der Waals surface area contributed by atoms with Gasteiger partial charge in [-0.2, -0.15) is 0 Å². The Labute approximate surface area is 112 Å². The summed E-state index contributed by atoms with van der Waals surface area (Å²) in [7, 11) is 1.58. The van der Waals surface area contributed by atoms with Gasteiger partial charge in [0.25, 0.3) is 0 Å². The Morgan fingerprint density at radius 3 is 2.61 bits per heavy atom. The number of nitrogens with one attached hydrogen (secondary N) is 1. The summed E-state index contributed by atoms with van der Waals surface area (Å²) in [5, 5.41) is 3.54. The standard InChI is InChI=1S/C13H19ClN2O2/c1-9(10-3-5-11(14)6-4-10)16-13(17)12(15)7-8-18-2/h3-6,9,12H,7-8,15H2,1-2H3,(H,16,17)/t9-,12?/m1/s1. The maximum Gasteiger partial charge on any atom is 0.237 e. The topological polar surface area (TPSA) is 64.3 Å². The number of hydrogen-bond donors (Lipinski definition) is 2. The van der Waals surface area contributed by atoms with E-state index in [1.54, 1.807) is 19.2 Å². The highest BCUT2D eigenvalue weighted by Gasteiger charge is 2.16. The van der Waals surface area contributed by atoms with Gasteiger partial charge in [0, 0.05) is 18.7 Å². The van der Waals surface area contributed by atoms with E-state index < -0.39 is 6.04 Å². The summed E-state index contributed by atoms with van der Waals surface area (Å²) < 4.78 is 4.89. The molecule has 0 saturated heterocycles. The van der Waals surface area contributed by atoms with E-state index in [1.165, 1.54) is 0 Å². The Balaban J connectivity index is 2.51. The second-order valence-corrected chi connectivity index (χ2v) is 4.61. The first kappa shape index (κ1) is 15.0. The SMILES string of the molecule is COCCC(N)C(=O)N[C@H](C)c1ccc(Cl)cc1. The van der Waals surface area contributed by atoms with Gasteiger partial charge >= 0.3 is 0 Å². The third-order valence-electron chi connectivity index (χ3n) is 2.70. The minimum atomic E-state index is -0.542. The monoisotopic (exact) mass is 270 g/mol. The quantitative estimate of drug-likeness (QED) is 0.830. The average molecular weight is 271 g/mol. The lowest BCUT2D eigenvalue weighted by molar-refractivity contribution is -0.123. The van der Waals surface area contributed by atoms with Crippen molar-refractivity contribution in [3.05, 3.63) is 34.9 Å². The van der Waals surface area contributed by atoms with Gasteiger partial charge in [-0.15, -0.1) is 0 Å². The van der Waals surface area contributed by atoms with Crippen LogP contribution in [0.1, 0.15) is 24.9 Å². The summed E-state index contributed by atoms with van der Waals surface area (Å²) in [4.78, 5) is 11.8. The van der Waals surface area contributed by atoms with Gasteiger partial charge in [-0.3, -0.25) is 4.79 Å². The molecule has 0 aliphatic carbocycles. The first-order chi connectivity index (χ1) is 8.54. The molecule has 1 rings (SSSR count). The van der Waals surface area contributed by atoms with Crippen LogP contribution in [0, 0.1) is 0 Å². The number of amides is 1. The highest BCUT2D eigenvalue weighted by Crippen LogP contribution is 2.16. The molecule has 1 unspecified atom stereocenters. The smallest absolute Gasteiger partial charge is 0.237 e. The normalized spacial score (nSPS) is 14.0. The van der Waals surface area contributed by atoms with E-state index in [0.29, 0.717) is 18.1 Å². The molecule has 0 aromatic heterocycles. The molecule has 1 aromatic rings. The predicted octanol–water partition coefficient (Wildman–Crippen LogP) is 1.88. The fraction of sp³-hybridized carbons (Fsp3) is 0.462. The lowest BCUT2D eigenvalue weighted by atomic mass is 10.1. The summed E-state index contributed by atoms with van der Waals surface area (Å²) >= 11 is 5.81. The summed E-state index contributed by atoms with van der Waals surface area (Å²) in [5.41, 5.74) is 6.73. The van der Waals surface area contributed by atoms with Gasteiger partial charge < -0.3 is 15.8 Å². The number of nitrogens with two attached hydrogens (primary N) is 1. The molecule has 4 nitrogen and oxygen atoms in total. The zero-order valence-corrected chi connectivity index (χ0v) is 11.4. The van der Waals surface area contributed by atoms with E-state index in [2.05, 4.69) is 5.32 Å². The van der Waals surface area contributed by atoms with E-state index in [9.17, 15) is 4.79 Å². The van der Waals surface area contributed by atoms with Crippen LogP contribution in [0.3, 0.4) is 0 Å². The molecule has 0 saturated carbocycles. The highest BCUT2D eigenvalue weighted by molar-refractivity contribution is 6.30. The molecule has 0 bridgehead atoms. The van der Waals surface area contributed by atoms with Crippen LogP contribution in [-0.2, 0) is 9.53 Å². The third-order valence-corrected chi connectivity index (χ3v) is 2.95. The van der Waals surface area contributed by atoms with Crippen molar-refractivity contribution in [2.75, 3.05) is 13.7 Å². The van der Waals surface area contributed by atoms with Crippen LogP contribution < -0.4 is 11.1 Å². The van der Waals surface area contributed by atoms with Crippen molar-refractivity contribution in [3.8, 4) is 0 Å². The van der Waals surface area contributed by atoms with Gasteiger partial charge in [-0.25, -0.2) is 0 Å². The second kappa shape index (κ2) is 7.36. The zero-order chi connectivity index (χ0) is 13.5. The summed E-state index contributed by atoms with van der Waals surface area (Å²) in [6, 6.07) is 6.72. The average Bonchev–Trinajstić information content (AvgIpc) is 2.36. The van der Waals surface area contributed by atoms with Crippen LogP contribution in [0.25, 0.3) is 0 Å². The molecule has 0 aliphatic rings. The molecule has 2 atom stereocenters. The first-order valence-electron chi connectivity index (χ1n) is 5.85. The van der Waals surface area contributed by atoms with Crippen molar-refractivity contribution in [3.63, 3.8) is 0 Å². The minimum absolute atomic E-state index is 0.0941. The van der Waals surface area contributed by atoms with Crippen molar-refractivity contribution in [1.29, 1.82) is 0 Å². The molecular formula is C13H19ClN2O2. The Morgan fingerprint density at radius 1 is 1.44 bits per heavy atom. The van der Waals surface area contributed by atoms with Crippen LogP contribution in [0.2, 0.25) is 5.02 Å². The number of rotatable bonds is 6. The fourth-order valence-electron chi connectivity index (χ4n) is 1.53. The number of benzene rings is 1. The van der Waals surface area contributed by atoms with Crippen LogP contribution in [0.4, 0.5) is 0 Å². The number of hydrogen-bond acceptors (Lipinski definition) is 3. The maximum atomic E-state index is 11.8. The lowest BCUT2D eigenvalue weighted by Gasteiger charge is -2.17. The first-order valence-corrected chi connectivity index (χ1v) is 6.22.